The summed E-state index contributed by atoms with van der Waals surface area (Å²) in [5.41, 5.74) is 1.53. The van der Waals surface area contributed by atoms with Gasteiger partial charge in [0, 0.05) is 22.8 Å². The molecular formula is C9H7BrClNO. The molecule has 68 valence electrons. The monoisotopic (exact) mass is 259 g/mol. The lowest BCUT2D eigenvalue weighted by Gasteiger charge is -2.20. The molecule has 0 fully saturated rings. The van der Waals surface area contributed by atoms with Crippen LogP contribution in [0.5, 0.6) is 0 Å². The van der Waals surface area contributed by atoms with E-state index >= 15 is 0 Å². The van der Waals surface area contributed by atoms with Gasteiger partial charge in [-0.05, 0) is 18.2 Å². The Kier molecular flexibility index (Phi) is 2.30. The lowest BCUT2D eigenvalue weighted by molar-refractivity contribution is 0.0992. The number of nitrogens with one attached hydrogen (secondary N) is 1. The smallest absolute Gasteiger partial charge is 0.180 e. The maximum absolute atomic E-state index is 11.6. The molecule has 1 N–H and O–H groups in total. The third-order valence-electron chi connectivity index (χ3n) is 2.00. The number of rotatable bonds is 0. The fourth-order valence-electron chi connectivity index (χ4n) is 1.34. The van der Waals surface area contributed by atoms with Crippen LogP contribution < -0.4 is 5.32 Å². The van der Waals surface area contributed by atoms with Crippen molar-refractivity contribution in [3.05, 3.63) is 28.8 Å². The van der Waals surface area contributed by atoms with Crippen molar-refractivity contribution in [3.8, 4) is 0 Å². The first-order valence-corrected chi connectivity index (χ1v) is 5.19. The summed E-state index contributed by atoms with van der Waals surface area (Å²) in [6.45, 7) is 0.617. The minimum Gasteiger partial charge on any atom is -0.383 e. The summed E-state index contributed by atoms with van der Waals surface area (Å²) < 4.78 is 0. The van der Waals surface area contributed by atoms with Crippen molar-refractivity contribution in [1.29, 1.82) is 0 Å². The summed E-state index contributed by atoms with van der Waals surface area (Å²) in [5, 5.41) is 3.78. The number of carbonyl (C=O) groups is 1. The van der Waals surface area contributed by atoms with Gasteiger partial charge < -0.3 is 5.32 Å². The SMILES string of the molecule is O=C1c2ccc(Cl)cc2NCC1Br. The largest absolute Gasteiger partial charge is 0.383 e. The molecule has 1 atom stereocenters. The molecule has 1 aromatic carbocycles. The molecule has 13 heavy (non-hydrogen) atoms. The van der Waals surface area contributed by atoms with Crippen LogP contribution in [0.1, 0.15) is 10.4 Å². The van der Waals surface area contributed by atoms with Gasteiger partial charge in [0.1, 0.15) is 0 Å². The number of hydrogen-bond acceptors (Lipinski definition) is 2. The van der Waals surface area contributed by atoms with Crippen LogP contribution in [0, 0.1) is 0 Å². The van der Waals surface area contributed by atoms with Crippen molar-refractivity contribution >= 4 is 39.0 Å². The van der Waals surface area contributed by atoms with Gasteiger partial charge in [-0.1, -0.05) is 27.5 Å². The number of Topliss-reactive ketones (excluding diaryl/α,β-unsaturated/α-hetero) is 1. The number of alkyl halides is 1. The zero-order valence-corrected chi connectivity index (χ0v) is 9.02. The van der Waals surface area contributed by atoms with Crippen LogP contribution in [-0.2, 0) is 0 Å². The third kappa shape index (κ3) is 1.58. The Hall–Kier alpha value is -0.540. The fraction of sp³-hybridized carbons (Fsp3) is 0.222. The molecular weight excluding hydrogens is 253 g/mol. The van der Waals surface area contributed by atoms with Crippen LogP contribution in [-0.4, -0.2) is 17.2 Å². The summed E-state index contributed by atoms with van der Waals surface area (Å²) in [4.78, 5) is 11.5. The Morgan fingerprint density at radius 3 is 3.08 bits per heavy atom. The molecule has 0 radical (unpaired) electrons. The highest BCUT2D eigenvalue weighted by Gasteiger charge is 2.24. The lowest BCUT2D eigenvalue weighted by atomic mass is 10.0. The van der Waals surface area contributed by atoms with E-state index in [1.54, 1.807) is 18.2 Å². The molecule has 2 nitrogen and oxygen atoms in total. The Morgan fingerprint density at radius 1 is 1.54 bits per heavy atom. The highest BCUT2D eigenvalue weighted by Crippen LogP contribution is 2.27. The predicted octanol–water partition coefficient (Wildman–Crippen LogP) is 2.71. The van der Waals surface area contributed by atoms with Gasteiger partial charge in [0.05, 0.1) is 4.83 Å². The molecule has 0 amide bonds. The summed E-state index contributed by atoms with van der Waals surface area (Å²) in [6.07, 6.45) is 0. The van der Waals surface area contributed by atoms with Gasteiger partial charge in [0.25, 0.3) is 0 Å². The summed E-state index contributed by atoms with van der Waals surface area (Å²) in [7, 11) is 0. The number of halogens is 2. The second-order valence-corrected chi connectivity index (χ2v) is 4.44. The maximum Gasteiger partial charge on any atom is 0.180 e. The van der Waals surface area contributed by atoms with Crippen molar-refractivity contribution in [2.45, 2.75) is 4.83 Å². The topological polar surface area (TPSA) is 29.1 Å². The van der Waals surface area contributed by atoms with Crippen LogP contribution in [0.25, 0.3) is 0 Å². The van der Waals surface area contributed by atoms with Crippen LogP contribution >= 0.6 is 27.5 Å². The highest BCUT2D eigenvalue weighted by molar-refractivity contribution is 9.10. The molecule has 1 unspecified atom stereocenters. The van der Waals surface area contributed by atoms with E-state index in [0.29, 0.717) is 17.1 Å². The predicted molar refractivity (Wildman–Crippen MR) is 57.0 cm³/mol. The summed E-state index contributed by atoms with van der Waals surface area (Å²) in [5.74, 6) is 0.116. The van der Waals surface area contributed by atoms with Crippen LogP contribution in [0.3, 0.4) is 0 Å². The average Bonchev–Trinajstić information content (AvgIpc) is 2.12. The molecule has 0 aromatic heterocycles. The number of benzene rings is 1. The first-order chi connectivity index (χ1) is 6.18. The van der Waals surface area contributed by atoms with E-state index in [1.807, 2.05) is 0 Å². The number of fused-ring (bicyclic) bond motifs is 1. The van der Waals surface area contributed by atoms with Gasteiger partial charge in [-0.3, -0.25) is 4.79 Å². The van der Waals surface area contributed by atoms with Gasteiger partial charge in [-0.2, -0.15) is 0 Å². The van der Waals surface area contributed by atoms with Crippen molar-refractivity contribution in [1.82, 2.24) is 0 Å². The van der Waals surface area contributed by atoms with E-state index in [2.05, 4.69) is 21.2 Å². The Bertz CT molecular complexity index is 367. The van der Waals surface area contributed by atoms with Crippen molar-refractivity contribution in [3.63, 3.8) is 0 Å². The molecule has 0 saturated heterocycles. The number of carbonyl (C=O) groups excluding carboxylic acids is 1. The van der Waals surface area contributed by atoms with Crippen molar-refractivity contribution < 1.29 is 4.79 Å². The second-order valence-electron chi connectivity index (χ2n) is 2.90. The van der Waals surface area contributed by atoms with Gasteiger partial charge in [-0.15, -0.1) is 0 Å². The lowest BCUT2D eigenvalue weighted by Crippen LogP contribution is -2.29. The first-order valence-electron chi connectivity index (χ1n) is 3.90. The molecule has 0 aliphatic carbocycles. The quantitative estimate of drug-likeness (QED) is 0.727. The van der Waals surface area contributed by atoms with Gasteiger partial charge in [0.15, 0.2) is 5.78 Å². The molecule has 1 aliphatic rings. The maximum atomic E-state index is 11.6. The Labute approximate surface area is 89.4 Å². The Morgan fingerprint density at radius 2 is 2.31 bits per heavy atom. The minimum atomic E-state index is -0.124. The zero-order chi connectivity index (χ0) is 9.42. The van der Waals surface area contributed by atoms with Crippen LogP contribution in [0.15, 0.2) is 18.2 Å². The van der Waals surface area contributed by atoms with Crippen molar-refractivity contribution in [2.24, 2.45) is 0 Å². The van der Waals surface area contributed by atoms with Crippen molar-refractivity contribution in [2.75, 3.05) is 11.9 Å². The van der Waals surface area contributed by atoms with E-state index in [0.717, 1.165) is 5.69 Å². The van der Waals surface area contributed by atoms with E-state index in [-0.39, 0.29) is 10.6 Å². The number of ketones is 1. The van der Waals surface area contributed by atoms with E-state index in [4.69, 9.17) is 11.6 Å². The Balaban J connectivity index is 2.50. The molecule has 0 saturated carbocycles. The molecule has 1 aromatic rings. The number of anilines is 1. The van der Waals surface area contributed by atoms with Crippen LogP contribution in [0.4, 0.5) is 5.69 Å². The molecule has 0 bridgehead atoms. The van der Waals surface area contributed by atoms with Gasteiger partial charge >= 0.3 is 0 Å². The first kappa shape index (κ1) is 9.03. The molecule has 0 spiro atoms. The van der Waals surface area contributed by atoms with E-state index in [9.17, 15) is 4.79 Å². The normalized spacial score (nSPS) is 20.8. The highest BCUT2D eigenvalue weighted by atomic mass is 79.9. The number of hydrogen-bond donors (Lipinski definition) is 1. The van der Waals surface area contributed by atoms with Crippen LogP contribution in [0.2, 0.25) is 5.02 Å². The second kappa shape index (κ2) is 3.31. The fourth-order valence-corrected chi connectivity index (χ4v) is 1.92. The average molecular weight is 261 g/mol. The molecule has 1 aliphatic heterocycles. The molecule has 2 rings (SSSR count). The third-order valence-corrected chi connectivity index (χ3v) is 2.98. The molecule has 4 heteroatoms. The van der Waals surface area contributed by atoms with Gasteiger partial charge in [-0.25, -0.2) is 0 Å². The van der Waals surface area contributed by atoms with Gasteiger partial charge in [0.2, 0.25) is 0 Å². The standard InChI is InChI=1S/C9H7BrClNO/c10-7-4-12-8-3-5(11)1-2-6(8)9(7)13/h1-3,7,12H,4H2. The summed E-state index contributed by atoms with van der Waals surface area (Å²) >= 11 is 9.09. The molecule has 1 heterocycles. The van der Waals surface area contributed by atoms with E-state index < -0.39 is 0 Å². The van der Waals surface area contributed by atoms with E-state index in [1.165, 1.54) is 0 Å². The summed E-state index contributed by atoms with van der Waals surface area (Å²) in [6, 6.07) is 5.25. The minimum absolute atomic E-state index is 0.116. The zero-order valence-electron chi connectivity index (χ0n) is 6.68.